The van der Waals surface area contributed by atoms with Gasteiger partial charge in [-0.3, -0.25) is 4.90 Å². The largest absolute Gasteiger partial charge is 0.380 e. The van der Waals surface area contributed by atoms with E-state index in [1.165, 1.54) is 11.1 Å². The van der Waals surface area contributed by atoms with Crippen LogP contribution in [0.15, 0.2) is 24.3 Å². The summed E-state index contributed by atoms with van der Waals surface area (Å²) < 4.78 is 5.46. The Morgan fingerprint density at radius 1 is 1.32 bits per heavy atom. The number of aryl methyl sites for hydroxylation is 1. The van der Waals surface area contributed by atoms with Crippen LogP contribution in [-0.2, 0) is 4.74 Å². The predicted molar refractivity (Wildman–Crippen MR) is 79.4 cm³/mol. The highest BCUT2D eigenvalue weighted by molar-refractivity contribution is 5.25. The van der Waals surface area contributed by atoms with Crippen LogP contribution >= 0.6 is 0 Å². The van der Waals surface area contributed by atoms with Gasteiger partial charge in [0.25, 0.3) is 0 Å². The Morgan fingerprint density at radius 2 is 2.00 bits per heavy atom. The number of nitrogens with zero attached hydrogens (tertiary/aromatic N) is 1. The van der Waals surface area contributed by atoms with Gasteiger partial charge in [0.15, 0.2) is 0 Å². The van der Waals surface area contributed by atoms with Gasteiger partial charge in [0, 0.05) is 32.3 Å². The molecule has 0 saturated carbocycles. The van der Waals surface area contributed by atoms with Crippen LogP contribution in [0, 0.1) is 6.92 Å². The maximum Gasteiger partial charge on any atom is 0.0710 e. The van der Waals surface area contributed by atoms with E-state index in [0.717, 1.165) is 19.5 Å². The van der Waals surface area contributed by atoms with Gasteiger partial charge in [0.1, 0.15) is 0 Å². The fourth-order valence-electron chi connectivity index (χ4n) is 2.99. The summed E-state index contributed by atoms with van der Waals surface area (Å²) in [4.78, 5) is 2.52. The summed E-state index contributed by atoms with van der Waals surface area (Å²) in [5.74, 6) is 0. The van der Waals surface area contributed by atoms with E-state index >= 15 is 0 Å². The van der Waals surface area contributed by atoms with Gasteiger partial charge in [-0.2, -0.15) is 0 Å². The van der Waals surface area contributed by atoms with Crippen molar-refractivity contribution in [2.45, 2.75) is 38.5 Å². The molecule has 0 radical (unpaired) electrons. The lowest BCUT2D eigenvalue weighted by atomic mass is 9.98. The molecule has 0 spiro atoms. The number of benzene rings is 1. The molecule has 0 amide bonds. The van der Waals surface area contributed by atoms with Crippen LogP contribution in [0.4, 0.5) is 0 Å². The summed E-state index contributed by atoms with van der Waals surface area (Å²) in [5, 5.41) is 3.46. The molecule has 1 aliphatic rings. The van der Waals surface area contributed by atoms with E-state index in [2.05, 4.69) is 48.3 Å². The van der Waals surface area contributed by atoms with E-state index in [0.29, 0.717) is 18.2 Å². The van der Waals surface area contributed by atoms with Gasteiger partial charge in [-0.05, 0) is 32.9 Å². The molecule has 1 heterocycles. The van der Waals surface area contributed by atoms with E-state index in [-0.39, 0.29) is 0 Å². The molecule has 0 bridgehead atoms. The molecule has 3 nitrogen and oxygen atoms in total. The second-order valence-corrected chi connectivity index (χ2v) is 5.56. The standard InChI is InChI=1S/C16H26N2O/c1-12-5-7-14(8-6-12)16(17-3)13(2)18-10-9-15(11-18)19-4/h5-8,13,15-17H,9-11H2,1-4H3. The minimum atomic E-state index is 0.371. The highest BCUT2D eigenvalue weighted by atomic mass is 16.5. The van der Waals surface area contributed by atoms with Gasteiger partial charge in [0.2, 0.25) is 0 Å². The van der Waals surface area contributed by atoms with Gasteiger partial charge >= 0.3 is 0 Å². The van der Waals surface area contributed by atoms with Crippen molar-refractivity contribution in [2.75, 3.05) is 27.2 Å². The lowest BCUT2D eigenvalue weighted by Crippen LogP contribution is -2.41. The second-order valence-electron chi connectivity index (χ2n) is 5.56. The zero-order valence-corrected chi connectivity index (χ0v) is 12.5. The Balaban J connectivity index is 2.07. The zero-order valence-electron chi connectivity index (χ0n) is 12.5. The molecule has 0 aliphatic carbocycles. The van der Waals surface area contributed by atoms with Crippen LogP contribution in [0.2, 0.25) is 0 Å². The number of likely N-dealkylation sites (N-methyl/N-ethyl adjacent to an activating group) is 1. The normalized spacial score (nSPS) is 23.5. The molecule has 1 aromatic carbocycles. The van der Waals surface area contributed by atoms with Gasteiger partial charge < -0.3 is 10.1 Å². The van der Waals surface area contributed by atoms with Gasteiger partial charge in [0.05, 0.1) is 6.10 Å². The first-order chi connectivity index (χ1) is 9.15. The third-order valence-electron chi connectivity index (χ3n) is 4.32. The highest BCUT2D eigenvalue weighted by Crippen LogP contribution is 2.25. The molecule has 3 unspecified atom stereocenters. The molecule has 1 N–H and O–H groups in total. The summed E-state index contributed by atoms with van der Waals surface area (Å²) in [5.41, 5.74) is 2.67. The first-order valence-electron chi connectivity index (χ1n) is 7.16. The van der Waals surface area contributed by atoms with Gasteiger partial charge in [-0.15, -0.1) is 0 Å². The molecule has 1 aromatic rings. The number of nitrogens with one attached hydrogen (secondary N) is 1. The minimum Gasteiger partial charge on any atom is -0.380 e. The Hall–Kier alpha value is -0.900. The van der Waals surface area contributed by atoms with E-state index in [4.69, 9.17) is 4.74 Å². The molecule has 1 saturated heterocycles. The molecule has 1 fully saturated rings. The smallest absolute Gasteiger partial charge is 0.0710 e. The average molecular weight is 262 g/mol. The first kappa shape index (κ1) is 14.5. The molecular weight excluding hydrogens is 236 g/mol. The van der Waals surface area contributed by atoms with E-state index < -0.39 is 0 Å². The van der Waals surface area contributed by atoms with Crippen molar-refractivity contribution in [2.24, 2.45) is 0 Å². The summed E-state index contributed by atoms with van der Waals surface area (Å²) >= 11 is 0. The quantitative estimate of drug-likeness (QED) is 0.881. The van der Waals surface area contributed by atoms with E-state index in [1.807, 2.05) is 14.2 Å². The van der Waals surface area contributed by atoms with Crippen molar-refractivity contribution in [3.63, 3.8) is 0 Å². The second kappa shape index (κ2) is 6.51. The third-order valence-corrected chi connectivity index (χ3v) is 4.32. The van der Waals surface area contributed by atoms with Crippen molar-refractivity contribution in [1.82, 2.24) is 10.2 Å². The van der Waals surface area contributed by atoms with Crippen LogP contribution < -0.4 is 5.32 Å². The fraction of sp³-hybridized carbons (Fsp3) is 0.625. The third kappa shape index (κ3) is 3.35. The Kier molecular flexibility index (Phi) is 4.97. The topological polar surface area (TPSA) is 24.5 Å². The maximum atomic E-state index is 5.46. The maximum absolute atomic E-state index is 5.46. The van der Waals surface area contributed by atoms with E-state index in [9.17, 15) is 0 Å². The van der Waals surface area contributed by atoms with Crippen molar-refractivity contribution in [3.8, 4) is 0 Å². The van der Waals surface area contributed by atoms with Crippen LogP contribution in [0.1, 0.15) is 30.5 Å². The van der Waals surface area contributed by atoms with Crippen LogP contribution in [-0.4, -0.2) is 44.3 Å². The van der Waals surface area contributed by atoms with Crippen LogP contribution in [0.25, 0.3) is 0 Å². The van der Waals surface area contributed by atoms with Crippen molar-refractivity contribution in [1.29, 1.82) is 0 Å². The minimum absolute atomic E-state index is 0.371. The Labute approximate surface area is 116 Å². The number of methoxy groups -OCH3 is 1. The van der Waals surface area contributed by atoms with Crippen molar-refractivity contribution >= 4 is 0 Å². The molecule has 2 rings (SSSR count). The first-order valence-corrected chi connectivity index (χ1v) is 7.16. The number of hydrogen-bond acceptors (Lipinski definition) is 3. The molecule has 3 heteroatoms. The zero-order chi connectivity index (χ0) is 13.8. The van der Waals surface area contributed by atoms with Crippen molar-refractivity contribution in [3.05, 3.63) is 35.4 Å². The van der Waals surface area contributed by atoms with Crippen LogP contribution in [0.5, 0.6) is 0 Å². The van der Waals surface area contributed by atoms with Crippen LogP contribution in [0.3, 0.4) is 0 Å². The van der Waals surface area contributed by atoms with Gasteiger partial charge in [-0.25, -0.2) is 0 Å². The highest BCUT2D eigenvalue weighted by Gasteiger charge is 2.30. The Bertz CT molecular complexity index is 390. The summed E-state index contributed by atoms with van der Waals surface area (Å²) in [6.45, 7) is 6.61. The lowest BCUT2D eigenvalue weighted by Gasteiger charge is -2.32. The number of ether oxygens (including phenoxy) is 1. The van der Waals surface area contributed by atoms with Crippen molar-refractivity contribution < 1.29 is 4.74 Å². The number of hydrogen-bond donors (Lipinski definition) is 1. The molecule has 106 valence electrons. The predicted octanol–water partition coefficient (Wildman–Crippen LogP) is 2.36. The monoisotopic (exact) mass is 262 g/mol. The van der Waals surface area contributed by atoms with E-state index in [1.54, 1.807) is 0 Å². The molecular formula is C16H26N2O. The SMILES string of the molecule is CNC(c1ccc(C)cc1)C(C)N1CCC(OC)C1. The molecule has 19 heavy (non-hydrogen) atoms. The summed E-state index contributed by atoms with van der Waals surface area (Å²) in [6, 6.07) is 9.69. The Morgan fingerprint density at radius 3 is 2.53 bits per heavy atom. The average Bonchev–Trinajstić information content (AvgIpc) is 2.90. The summed E-state index contributed by atoms with van der Waals surface area (Å²) in [6.07, 6.45) is 1.54. The fourth-order valence-corrected chi connectivity index (χ4v) is 2.99. The molecule has 0 aromatic heterocycles. The number of likely N-dealkylation sites (tertiary alicyclic amines) is 1. The molecule has 3 atom stereocenters. The number of rotatable bonds is 5. The summed E-state index contributed by atoms with van der Waals surface area (Å²) in [7, 11) is 3.86. The molecule has 1 aliphatic heterocycles. The van der Waals surface area contributed by atoms with Gasteiger partial charge in [-0.1, -0.05) is 29.8 Å². The lowest BCUT2D eigenvalue weighted by molar-refractivity contribution is 0.0981.